The summed E-state index contributed by atoms with van der Waals surface area (Å²) in [7, 11) is 1.53. The minimum Gasteiger partial charge on any atom is -0.493 e. The molecule has 5 nitrogen and oxygen atoms in total. The van der Waals surface area contributed by atoms with Crippen LogP contribution >= 0.6 is 24.0 Å². The molecule has 7 heteroatoms. The van der Waals surface area contributed by atoms with Gasteiger partial charge in [0.2, 0.25) is 0 Å². The second kappa shape index (κ2) is 11.7. The van der Waals surface area contributed by atoms with Crippen LogP contribution in [0.1, 0.15) is 29.3 Å². The molecule has 0 radical (unpaired) electrons. The molecule has 148 valence electrons. The molecular formula is C20H26Cl2N2O3. The maximum atomic E-state index is 13.1. The van der Waals surface area contributed by atoms with Crippen molar-refractivity contribution in [3.8, 4) is 11.5 Å². The summed E-state index contributed by atoms with van der Waals surface area (Å²) in [6.07, 6.45) is 0.723. The van der Waals surface area contributed by atoms with E-state index < -0.39 is 0 Å². The van der Waals surface area contributed by atoms with E-state index in [0.29, 0.717) is 48.3 Å². The Morgan fingerprint density at radius 3 is 2.52 bits per heavy atom. The van der Waals surface area contributed by atoms with Crippen LogP contribution in [0, 0.1) is 0 Å². The number of methoxy groups -OCH3 is 1. The van der Waals surface area contributed by atoms with Crippen molar-refractivity contribution in [1.29, 1.82) is 0 Å². The Bertz CT molecular complexity index is 727. The largest absolute Gasteiger partial charge is 0.493 e. The minimum atomic E-state index is -0.120. The van der Waals surface area contributed by atoms with Gasteiger partial charge in [-0.3, -0.25) is 4.79 Å². The van der Waals surface area contributed by atoms with Crippen LogP contribution in [-0.4, -0.2) is 37.6 Å². The molecular weight excluding hydrogens is 387 g/mol. The van der Waals surface area contributed by atoms with Crippen LogP contribution in [-0.2, 0) is 6.54 Å². The van der Waals surface area contributed by atoms with E-state index >= 15 is 0 Å². The third-order valence-electron chi connectivity index (χ3n) is 3.90. The fourth-order valence-electron chi connectivity index (χ4n) is 2.65. The van der Waals surface area contributed by atoms with Gasteiger partial charge in [-0.1, -0.05) is 41.9 Å². The molecule has 27 heavy (non-hydrogen) atoms. The van der Waals surface area contributed by atoms with Crippen LogP contribution in [0.2, 0.25) is 5.02 Å². The van der Waals surface area contributed by atoms with Crippen molar-refractivity contribution in [2.24, 2.45) is 5.73 Å². The molecule has 0 heterocycles. The summed E-state index contributed by atoms with van der Waals surface area (Å²) in [5.74, 6) is 0.775. The normalized spacial score (nSPS) is 10.1. The first-order valence-electron chi connectivity index (χ1n) is 8.64. The van der Waals surface area contributed by atoms with Crippen LogP contribution in [0.5, 0.6) is 11.5 Å². The molecule has 0 fully saturated rings. The summed E-state index contributed by atoms with van der Waals surface area (Å²) < 4.78 is 10.9. The smallest absolute Gasteiger partial charge is 0.254 e. The fraction of sp³-hybridized carbons (Fsp3) is 0.350. The first kappa shape index (κ1) is 23.1. The van der Waals surface area contributed by atoms with E-state index in [-0.39, 0.29) is 18.3 Å². The summed E-state index contributed by atoms with van der Waals surface area (Å²) in [4.78, 5) is 14.8. The number of carbonyl (C=O) groups excluding carboxylic acids is 1. The predicted molar refractivity (Wildman–Crippen MR) is 111 cm³/mol. The van der Waals surface area contributed by atoms with Gasteiger partial charge in [0.05, 0.1) is 18.7 Å². The Morgan fingerprint density at radius 1 is 1.22 bits per heavy atom. The van der Waals surface area contributed by atoms with Crippen LogP contribution in [0.25, 0.3) is 0 Å². The van der Waals surface area contributed by atoms with E-state index in [1.54, 1.807) is 17.0 Å². The average molecular weight is 413 g/mol. The molecule has 0 saturated carbocycles. The zero-order valence-corrected chi connectivity index (χ0v) is 17.2. The molecule has 2 rings (SSSR count). The average Bonchev–Trinajstić information content (AvgIpc) is 2.66. The molecule has 0 atom stereocenters. The maximum Gasteiger partial charge on any atom is 0.254 e. The first-order valence-corrected chi connectivity index (χ1v) is 9.02. The molecule has 0 aliphatic heterocycles. The SMILES string of the molecule is CCOc1c(Cl)cc(C(=O)N(CCCN)Cc2ccccc2)cc1OC.Cl. The monoisotopic (exact) mass is 412 g/mol. The first-order chi connectivity index (χ1) is 12.6. The van der Waals surface area contributed by atoms with E-state index in [2.05, 4.69) is 0 Å². The molecule has 0 aromatic heterocycles. The molecule has 0 unspecified atom stereocenters. The Kier molecular flexibility index (Phi) is 10.0. The van der Waals surface area contributed by atoms with E-state index in [0.717, 1.165) is 12.0 Å². The van der Waals surface area contributed by atoms with Gasteiger partial charge < -0.3 is 20.1 Å². The third-order valence-corrected chi connectivity index (χ3v) is 4.18. The lowest BCUT2D eigenvalue weighted by molar-refractivity contribution is 0.0742. The van der Waals surface area contributed by atoms with Crippen molar-refractivity contribution < 1.29 is 14.3 Å². The third kappa shape index (κ3) is 6.31. The van der Waals surface area contributed by atoms with Crippen molar-refractivity contribution in [1.82, 2.24) is 4.90 Å². The van der Waals surface area contributed by atoms with Crippen LogP contribution in [0.3, 0.4) is 0 Å². The van der Waals surface area contributed by atoms with Crippen LogP contribution in [0.4, 0.5) is 0 Å². The van der Waals surface area contributed by atoms with Crippen LogP contribution < -0.4 is 15.2 Å². The summed E-state index contributed by atoms with van der Waals surface area (Å²) in [5.41, 5.74) is 7.16. The lowest BCUT2D eigenvalue weighted by Crippen LogP contribution is -2.32. The van der Waals surface area contributed by atoms with E-state index in [9.17, 15) is 4.79 Å². The van der Waals surface area contributed by atoms with Gasteiger partial charge in [0.1, 0.15) is 0 Å². The van der Waals surface area contributed by atoms with Gasteiger partial charge >= 0.3 is 0 Å². The highest BCUT2D eigenvalue weighted by molar-refractivity contribution is 6.32. The van der Waals surface area contributed by atoms with E-state index in [4.69, 9.17) is 26.8 Å². The molecule has 0 aliphatic rings. The predicted octanol–water partition coefficient (Wildman–Crippen LogP) is 4.16. The molecule has 0 aliphatic carbocycles. The fourth-order valence-corrected chi connectivity index (χ4v) is 2.91. The lowest BCUT2D eigenvalue weighted by Gasteiger charge is -2.23. The van der Waals surface area contributed by atoms with Gasteiger partial charge in [-0.05, 0) is 37.6 Å². The molecule has 0 spiro atoms. The molecule has 2 N–H and O–H groups in total. The summed E-state index contributed by atoms with van der Waals surface area (Å²) in [6, 6.07) is 13.1. The number of hydrogen-bond acceptors (Lipinski definition) is 4. The topological polar surface area (TPSA) is 64.8 Å². The van der Waals surface area contributed by atoms with Gasteiger partial charge in [0, 0.05) is 18.7 Å². The zero-order valence-electron chi connectivity index (χ0n) is 15.6. The van der Waals surface area contributed by atoms with Gasteiger partial charge in [-0.2, -0.15) is 0 Å². The quantitative estimate of drug-likeness (QED) is 0.671. The van der Waals surface area contributed by atoms with Gasteiger partial charge in [-0.25, -0.2) is 0 Å². The number of ether oxygens (including phenoxy) is 2. The Morgan fingerprint density at radius 2 is 1.93 bits per heavy atom. The second-order valence-corrected chi connectivity index (χ2v) is 6.18. The molecule has 2 aromatic rings. The van der Waals surface area contributed by atoms with Crippen LogP contribution in [0.15, 0.2) is 42.5 Å². The Hall–Kier alpha value is -1.95. The summed E-state index contributed by atoms with van der Waals surface area (Å²) >= 11 is 6.31. The highest BCUT2D eigenvalue weighted by Crippen LogP contribution is 2.36. The second-order valence-electron chi connectivity index (χ2n) is 5.78. The summed E-state index contributed by atoms with van der Waals surface area (Å²) in [5, 5.41) is 0.355. The Labute approximate surface area is 171 Å². The van der Waals surface area contributed by atoms with Gasteiger partial charge in [0.15, 0.2) is 11.5 Å². The zero-order chi connectivity index (χ0) is 18.9. The van der Waals surface area contributed by atoms with E-state index in [1.165, 1.54) is 7.11 Å². The number of halogens is 2. The van der Waals surface area contributed by atoms with Gasteiger partial charge in [0.25, 0.3) is 5.91 Å². The highest BCUT2D eigenvalue weighted by Gasteiger charge is 2.20. The minimum absolute atomic E-state index is 0. The number of nitrogens with two attached hydrogens (primary N) is 1. The molecule has 0 saturated heterocycles. The van der Waals surface area contributed by atoms with Gasteiger partial charge in [-0.15, -0.1) is 12.4 Å². The lowest BCUT2D eigenvalue weighted by atomic mass is 10.1. The molecule has 0 bridgehead atoms. The standard InChI is InChI=1S/C20H25ClN2O3.ClH/c1-3-26-19-17(21)12-16(13-18(19)25-2)20(24)23(11-7-10-22)14-15-8-5-4-6-9-15;/h4-6,8-9,12-13H,3,7,10-11,14,22H2,1-2H3;1H. The maximum absolute atomic E-state index is 13.1. The Balaban J connectivity index is 0.00000364. The number of nitrogens with zero attached hydrogens (tertiary/aromatic N) is 1. The molecule has 1 amide bonds. The van der Waals surface area contributed by atoms with Crippen molar-refractivity contribution in [2.45, 2.75) is 19.9 Å². The van der Waals surface area contributed by atoms with Crippen molar-refractivity contribution in [3.05, 3.63) is 58.6 Å². The summed E-state index contributed by atoms with van der Waals surface area (Å²) in [6.45, 7) is 3.92. The molecule has 2 aromatic carbocycles. The highest BCUT2D eigenvalue weighted by atomic mass is 35.5. The number of hydrogen-bond donors (Lipinski definition) is 1. The van der Waals surface area contributed by atoms with Crippen molar-refractivity contribution >= 4 is 29.9 Å². The number of amides is 1. The number of rotatable bonds is 9. The number of benzene rings is 2. The van der Waals surface area contributed by atoms with E-state index in [1.807, 2.05) is 37.3 Å². The van der Waals surface area contributed by atoms with Crippen molar-refractivity contribution in [2.75, 3.05) is 26.8 Å². The number of carbonyl (C=O) groups is 1. The van der Waals surface area contributed by atoms with Crippen molar-refractivity contribution in [3.63, 3.8) is 0 Å².